The van der Waals surface area contributed by atoms with E-state index in [4.69, 9.17) is 14.5 Å². The summed E-state index contributed by atoms with van der Waals surface area (Å²) in [5, 5.41) is 0. The third-order valence-electron chi connectivity index (χ3n) is 8.06. The average Bonchev–Trinajstić information content (AvgIpc) is 3.19. The quantitative estimate of drug-likeness (QED) is 0.228. The second-order valence-electron chi connectivity index (χ2n) is 10.8. The molecule has 0 bridgehead atoms. The second-order valence-corrected chi connectivity index (χ2v) is 10.8. The molecular formula is C35H33N2O2+. The summed E-state index contributed by atoms with van der Waals surface area (Å²) in [7, 11) is 5.49. The van der Waals surface area contributed by atoms with Crippen molar-refractivity contribution in [2.45, 2.75) is 26.2 Å². The molecule has 0 fully saturated rings. The Morgan fingerprint density at radius 3 is 2.05 bits per heavy atom. The van der Waals surface area contributed by atoms with Gasteiger partial charge in [0.05, 0.1) is 19.8 Å². The lowest BCUT2D eigenvalue weighted by Gasteiger charge is -2.22. The predicted octanol–water partition coefficient (Wildman–Crippen LogP) is 7.54. The van der Waals surface area contributed by atoms with Crippen molar-refractivity contribution in [2.75, 3.05) is 14.2 Å². The average molecular weight is 514 g/mol. The Balaban J connectivity index is 1.59. The first kappa shape index (κ1) is 24.9. The van der Waals surface area contributed by atoms with Crippen LogP contribution in [0.4, 0.5) is 0 Å². The topological polar surface area (TPSA) is 35.2 Å². The summed E-state index contributed by atoms with van der Waals surface area (Å²) < 4.78 is 13.1. The summed E-state index contributed by atoms with van der Waals surface area (Å²) >= 11 is 0. The van der Waals surface area contributed by atoms with Crippen LogP contribution in [-0.4, -0.2) is 19.2 Å². The molecule has 1 aromatic heterocycles. The number of methoxy groups -OCH3 is 2. The summed E-state index contributed by atoms with van der Waals surface area (Å²) in [6.45, 7) is 6.76. The molecule has 5 aromatic rings. The SMILES string of the molecule is COc1ccc(-c2c[n+](C)c(-c3ccc(OC)cc3C)c(-c3ccc4c(c3)C(C)(C)c3ccccc3-4)n2)cc1. The van der Waals surface area contributed by atoms with Crippen LogP contribution in [0.5, 0.6) is 11.5 Å². The van der Waals surface area contributed by atoms with E-state index in [9.17, 15) is 0 Å². The highest BCUT2D eigenvalue weighted by molar-refractivity contribution is 5.86. The molecule has 0 amide bonds. The predicted molar refractivity (Wildman–Crippen MR) is 157 cm³/mol. The maximum Gasteiger partial charge on any atom is 0.239 e. The van der Waals surface area contributed by atoms with Crippen molar-refractivity contribution < 1.29 is 14.0 Å². The van der Waals surface area contributed by atoms with Gasteiger partial charge in [0.1, 0.15) is 29.9 Å². The number of aromatic nitrogens is 2. The minimum Gasteiger partial charge on any atom is -0.497 e. The molecule has 1 aliphatic rings. The van der Waals surface area contributed by atoms with E-state index in [0.29, 0.717) is 0 Å². The third-order valence-corrected chi connectivity index (χ3v) is 8.06. The molecule has 0 aliphatic heterocycles. The first-order valence-electron chi connectivity index (χ1n) is 13.3. The van der Waals surface area contributed by atoms with E-state index in [1.54, 1.807) is 14.2 Å². The minimum atomic E-state index is -0.0894. The fourth-order valence-corrected chi connectivity index (χ4v) is 5.92. The highest BCUT2D eigenvalue weighted by atomic mass is 16.5. The molecule has 1 aliphatic carbocycles. The molecule has 0 radical (unpaired) electrons. The van der Waals surface area contributed by atoms with Crippen LogP contribution in [0.3, 0.4) is 0 Å². The van der Waals surface area contributed by atoms with Gasteiger partial charge >= 0.3 is 0 Å². The summed E-state index contributed by atoms with van der Waals surface area (Å²) in [6, 6.07) is 29.9. The van der Waals surface area contributed by atoms with Gasteiger partial charge in [-0.25, -0.2) is 4.98 Å². The highest BCUT2D eigenvalue weighted by Crippen LogP contribution is 2.49. The molecule has 0 atom stereocenters. The Labute approximate surface area is 230 Å². The number of ether oxygens (including phenoxy) is 2. The summed E-state index contributed by atoms with van der Waals surface area (Å²) in [5.74, 6) is 1.68. The van der Waals surface area contributed by atoms with E-state index < -0.39 is 0 Å². The monoisotopic (exact) mass is 513 g/mol. The Morgan fingerprint density at radius 2 is 1.33 bits per heavy atom. The van der Waals surface area contributed by atoms with Gasteiger partial charge in [0.15, 0.2) is 6.20 Å². The molecule has 39 heavy (non-hydrogen) atoms. The summed E-state index contributed by atoms with van der Waals surface area (Å²) in [5.41, 5.74) is 12.6. The number of benzene rings is 4. The normalized spacial score (nSPS) is 13.1. The molecule has 0 saturated heterocycles. The number of fused-ring (bicyclic) bond motifs is 3. The van der Waals surface area contributed by atoms with Crippen molar-refractivity contribution in [3.8, 4) is 56.4 Å². The van der Waals surface area contributed by atoms with E-state index >= 15 is 0 Å². The van der Waals surface area contributed by atoms with Gasteiger partial charge in [-0.1, -0.05) is 50.2 Å². The van der Waals surface area contributed by atoms with Gasteiger partial charge in [-0.15, -0.1) is 0 Å². The molecule has 0 unspecified atom stereocenters. The Bertz CT molecular complexity index is 1720. The molecule has 194 valence electrons. The van der Waals surface area contributed by atoms with E-state index in [1.807, 2.05) is 18.2 Å². The maximum atomic E-state index is 5.50. The van der Waals surface area contributed by atoms with Crippen molar-refractivity contribution in [2.24, 2.45) is 7.05 Å². The number of nitrogens with zero attached hydrogens (tertiary/aromatic N) is 2. The molecule has 0 saturated carbocycles. The zero-order valence-electron chi connectivity index (χ0n) is 23.4. The van der Waals surface area contributed by atoms with Crippen molar-refractivity contribution in [1.82, 2.24) is 4.98 Å². The number of aryl methyl sites for hydroxylation is 2. The van der Waals surface area contributed by atoms with E-state index in [0.717, 1.165) is 50.8 Å². The van der Waals surface area contributed by atoms with Crippen molar-refractivity contribution in [3.05, 3.63) is 108 Å². The Morgan fingerprint density at radius 1 is 0.692 bits per heavy atom. The van der Waals surface area contributed by atoms with Crippen LogP contribution in [0.25, 0.3) is 44.9 Å². The standard InChI is InChI=1S/C35H33N2O2/c1-22-19-26(39-6)16-18-27(22)34-33(36-32(21-37(34)4)23-11-14-25(38-5)15-12-23)24-13-17-29-28-9-7-8-10-30(28)35(2,3)31(29)20-24/h7-21H,1-6H3/q+1. The molecular weight excluding hydrogens is 480 g/mol. The van der Waals surface area contributed by atoms with Crippen LogP contribution in [0, 0.1) is 6.92 Å². The lowest BCUT2D eigenvalue weighted by Crippen LogP contribution is -2.32. The molecule has 0 spiro atoms. The zero-order valence-corrected chi connectivity index (χ0v) is 23.4. The number of hydrogen-bond donors (Lipinski definition) is 0. The first-order chi connectivity index (χ1) is 18.8. The molecule has 4 aromatic carbocycles. The minimum absolute atomic E-state index is 0.0894. The van der Waals surface area contributed by atoms with E-state index in [2.05, 4.69) is 105 Å². The van der Waals surface area contributed by atoms with Crippen molar-refractivity contribution in [3.63, 3.8) is 0 Å². The maximum absolute atomic E-state index is 5.50. The lowest BCUT2D eigenvalue weighted by molar-refractivity contribution is -0.659. The van der Waals surface area contributed by atoms with Crippen LogP contribution in [0.1, 0.15) is 30.5 Å². The van der Waals surface area contributed by atoms with Crippen LogP contribution in [-0.2, 0) is 12.5 Å². The largest absolute Gasteiger partial charge is 0.497 e. The van der Waals surface area contributed by atoms with Gasteiger partial charge in [0.2, 0.25) is 5.69 Å². The highest BCUT2D eigenvalue weighted by Gasteiger charge is 2.36. The van der Waals surface area contributed by atoms with Crippen LogP contribution in [0.15, 0.2) is 91.1 Å². The Hall–Kier alpha value is -4.44. The fourth-order valence-electron chi connectivity index (χ4n) is 5.92. The third kappa shape index (κ3) is 4.08. The van der Waals surface area contributed by atoms with E-state index in [-0.39, 0.29) is 5.41 Å². The smallest absolute Gasteiger partial charge is 0.239 e. The molecule has 0 N–H and O–H groups in total. The van der Waals surface area contributed by atoms with Gasteiger partial charge < -0.3 is 9.47 Å². The summed E-state index contributed by atoms with van der Waals surface area (Å²) in [6.07, 6.45) is 2.11. The first-order valence-corrected chi connectivity index (χ1v) is 13.3. The number of rotatable bonds is 5. The van der Waals surface area contributed by atoms with Gasteiger partial charge in [0, 0.05) is 16.5 Å². The Kier molecular flexibility index (Phi) is 5.99. The van der Waals surface area contributed by atoms with Gasteiger partial charge in [-0.2, -0.15) is 4.57 Å². The van der Waals surface area contributed by atoms with Crippen LogP contribution in [0.2, 0.25) is 0 Å². The zero-order chi connectivity index (χ0) is 27.3. The fraction of sp³-hybridized carbons (Fsp3) is 0.200. The van der Waals surface area contributed by atoms with Crippen LogP contribution < -0.4 is 14.0 Å². The van der Waals surface area contributed by atoms with E-state index in [1.165, 1.54) is 22.3 Å². The second kappa shape index (κ2) is 9.39. The number of hydrogen-bond acceptors (Lipinski definition) is 3. The van der Waals surface area contributed by atoms with Crippen LogP contribution >= 0.6 is 0 Å². The summed E-state index contributed by atoms with van der Waals surface area (Å²) in [4.78, 5) is 5.32. The molecule has 1 heterocycles. The van der Waals surface area contributed by atoms with Gasteiger partial charge in [-0.3, -0.25) is 0 Å². The van der Waals surface area contributed by atoms with Gasteiger partial charge in [-0.05, 0) is 83.3 Å². The lowest BCUT2D eigenvalue weighted by atomic mass is 9.81. The molecule has 6 rings (SSSR count). The van der Waals surface area contributed by atoms with Crippen molar-refractivity contribution >= 4 is 0 Å². The van der Waals surface area contributed by atoms with Crippen molar-refractivity contribution in [1.29, 1.82) is 0 Å². The van der Waals surface area contributed by atoms with Gasteiger partial charge in [0.25, 0.3) is 0 Å². The molecule has 4 heteroatoms. The molecule has 4 nitrogen and oxygen atoms in total.